The van der Waals surface area contributed by atoms with Crippen LogP contribution in [0.1, 0.15) is 23.9 Å². The zero-order valence-electron chi connectivity index (χ0n) is 16.2. The summed E-state index contributed by atoms with van der Waals surface area (Å²) >= 11 is 5.34. The number of benzene rings is 1. The monoisotopic (exact) mass is 385 g/mol. The first kappa shape index (κ1) is 19.7. The molecule has 0 aliphatic carbocycles. The molecule has 2 aromatic rings. The van der Waals surface area contributed by atoms with Crippen molar-refractivity contribution < 1.29 is 4.74 Å². The Morgan fingerprint density at radius 3 is 2.56 bits per heavy atom. The number of nitrogens with one attached hydrogen (secondary N) is 1. The zero-order valence-corrected chi connectivity index (χ0v) is 17.1. The molecule has 1 aromatic carbocycles. The molecule has 1 fully saturated rings. The molecular formula is C20H27N5OS. The van der Waals surface area contributed by atoms with Crippen molar-refractivity contribution in [3.05, 3.63) is 47.4 Å². The molecule has 0 amide bonds. The highest BCUT2D eigenvalue weighted by molar-refractivity contribution is 7.80. The second kappa shape index (κ2) is 9.21. The fourth-order valence-corrected chi connectivity index (χ4v) is 3.29. The fraction of sp³-hybridized carbons (Fsp3) is 0.450. The standard InChI is InChI=1S/C20H27N5OS/c1-4-26-20(27)18-13-21-15(2)22-19(18)23-17-7-5-16(6-8-17)14-25-11-9-24(3)10-12-25/h5-8,13H,4,9-12,14H2,1-3H3,(H,21,22,23). The van der Waals surface area contributed by atoms with Gasteiger partial charge in [-0.3, -0.25) is 4.90 Å². The van der Waals surface area contributed by atoms with Gasteiger partial charge in [0, 0.05) is 44.6 Å². The Kier molecular flexibility index (Phi) is 6.71. The quantitative estimate of drug-likeness (QED) is 0.767. The molecule has 1 saturated heterocycles. The van der Waals surface area contributed by atoms with E-state index < -0.39 is 0 Å². The van der Waals surface area contributed by atoms with Crippen molar-refractivity contribution >= 4 is 28.8 Å². The summed E-state index contributed by atoms with van der Waals surface area (Å²) in [7, 11) is 2.18. The van der Waals surface area contributed by atoms with Gasteiger partial charge in [0.15, 0.2) is 5.05 Å². The molecular weight excluding hydrogens is 358 g/mol. The average Bonchev–Trinajstić information content (AvgIpc) is 2.65. The maximum atomic E-state index is 5.46. The van der Waals surface area contributed by atoms with E-state index in [4.69, 9.17) is 17.0 Å². The number of aryl methyl sites for hydroxylation is 1. The minimum atomic E-state index is 0.409. The van der Waals surface area contributed by atoms with E-state index in [1.165, 1.54) is 5.56 Å². The Morgan fingerprint density at radius 1 is 1.19 bits per heavy atom. The summed E-state index contributed by atoms with van der Waals surface area (Å²) in [5.74, 6) is 1.36. The molecule has 1 aliphatic heterocycles. The number of anilines is 2. The summed E-state index contributed by atoms with van der Waals surface area (Å²) in [5, 5.41) is 3.76. The molecule has 1 aromatic heterocycles. The van der Waals surface area contributed by atoms with Crippen LogP contribution < -0.4 is 5.32 Å². The second-order valence-electron chi connectivity index (χ2n) is 6.80. The lowest BCUT2D eigenvalue weighted by Gasteiger charge is -2.32. The lowest BCUT2D eigenvalue weighted by molar-refractivity contribution is 0.148. The van der Waals surface area contributed by atoms with E-state index in [2.05, 4.69) is 56.4 Å². The fourth-order valence-electron chi connectivity index (χ4n) is 3.02. The number of thiocarbonyl (C=S) groups is 1. The number of aromatic nitrogens is 2. The van der Waals surface area contributed by atoms with E-state index in [0.29, 0.717) is 28.9 Å². The maximum absolute atomic E-state index is 5.46. The highest BCUT2D eigenvalue weighted by Crippen LogP contribution is 2.21. The summed E-state index contributed by atoms with van der Waals surface area (Å²) in [6, 6.07) is 8.48. The van der Waals surface area contributed by atoms with Crippen molar-refractivity contribution in [3.63, 3.8) is 0 Å². The first-order valence-electron chi connectivity index (χ1n) is 9.32. The number of ether oxygens (including phenoxy) is 1. The van der Waals surface area contributed by atoms with Gasteiger partial charge in [-0.2, -0.15) is 0 Å². The third-order valence-corrected chi connectivity index (χ3v) is 4.96. The first-order valence-corrected chi connectivity index (χ1v) is 9.73. The molecule has 0 radical (unpaired) electrons. The lowest BCUT2D eigenvalue weighted by Crippen LogP contribution is -2.43. The minimum Gasteiger partial charge on any atom is -0.483 e. The summed E-state index contributed by atoms with van der Waals surface area (Å²) in [5.41, 5.74) is 2.99. The van der Waals surface area contributed by atoms with E-state index in [0.717, 1.165) is 38.4 Å². The van der Waals surface area contributed by atoms with Gasteiger partial charge in [-0.1, -0.05) is 12.1 Å². The third-order valence-electron chi connectivity index (χ3n) is 4.62. The molecule has 7 heteroatoms. The molecule has 2 heterocycles. The van der Waals surface area contributed by atoms with Crippen LogP contribution >= 0.6 is 12.2 Å². The predicted molar refractivity (Wildman–Crippen MR) is 113 cm³/mol. The van der Waals surface area contributed by atoms with Crippen molar-refractivity contribution in [2.24, 2.45) is 0 Å². The Bertz CT molecular complexity index is 772. The number of hydrogen-bond acceptors (Lipinski definition) is 7. The molecule has 1 N–H and O–H groups in total. The molecule has 3 rings (SSSR count). The first-order chi connectivity index (χ1) is 13.0. The number of nitrogens with zero attached hydrogens (tertiary/aromatic N) is 4. The molecule has 0 atom stereocenters. The molecule has 1 aliphatic rings. The van der Waals surface area contributed by atoms with Gasteiger partial charge in [-0.15, -0.1) is 0 Å². The zero-order chi connectivity index (χ0) is 19.2. The maximum Gasteiger partial charge on any atom is 0.196 e. The molecule has 0 unspecified atom stereocenters. The van der Waals surface area contributed by atoms with E-state index >= 15 is 0 Å². The van der Waals surface area contributed by atoms with Gasteiger partial charge >= 0.3 is 0 Å². The van der Waals surface area contributed by atoms with Crippen molar-refractivity contribution in [2.45, 2.75) is 20.4 Å². The summed E-state index contributed by atoms with van der Waals surface area (Å²) in [6.45, 7) is 9.78. The average molecular weight is 386 g/mol. The van der Waals surface area contributed by atoms with Crippen LogP contribution in [-0.4, -0.2) is 64.7 Å². The predicted octanol–water partition coefficient (Wildman–Crippen LogP) is 2.99. The second-order valence-corrected chi connectivity index (χ2v) is 7.17. The SMILES string of the molecule is CCOC(=S)c1cnc(C)nc1Nc1ccc(CN2CCN(C)CC2)cc1. The van der Waals surface area contributed by atoms with E-state index in [1.807, 2.05) is 13.8 Å². The van der Waals surface area contributed by atoms with Crippen LogP contribution in [-0.2, 0) is 11.3 Å². The molecule has 27 heavy (non-hydrogen) atoms. The Morgan fingerprint density at radius 2 is 1.89 bits per heavy atom. The molecule has 144 valence electrons. The number of hydrogen-bond donors (Lipinski definition) is 1. The smallest absolute Gasteiger partial charge is 0.196 e. The lowest BCUT2D eigenvalue weighted by atomic mass is 10.1. The van der Waals surface area contributed by atoms with Crippen LogP contribution in [0.15, 0.2) is 30.5 Å². The summed E-state index contributed by atoms with van der Waals surface area (Å²) in [4.78, 5) is 13.6. The third kappa shape index (κ3) is 5.45. The summed E-state index contributed by atoms with van der Waals surface area (Å²) < 4.78 is 5.46. The van der Waals surface area contributed by atoms with Crippen LogP contribution in [0.3, 0.4) is 0 Å². The number of piperazine rings is 1. The van der Waals surface area contributed by atoms with Gasteiger partial charge in [-0.05, 0) is 50.8 Å². The van der Waals surface area contributed by atoms with Gasteiger partial charge in [0.25, 0.3) is 0 Å². The van der Waals surface area contributed by atoms with Gasteiger partial charge in [0.1, 0.15) is 11.6 Å². The molecule has 0 spiro atoms. The highest BCUT2D eigenvalue weighted by atomic mass is 32.1. The normalized spacial score (nSPS) is 15.5. The van der Waals surface area contributed by atoms with Crippen molar-refractivity contribution in [1.82, 2.24) is 19.8 Å². The summed E-state index contributed by atoms with van der Waals surface area (Å²) in [6.07, 6.45) is 1.71. The molecule has 0 saturated carbocycles. The van der Waals surface area contributed by atoms with Crippen molar-refractivity contribution in [1.29, 1.82) is 0 Å². The van der Waals surface area contributed by atoms with Crippen LogP contribution in [0.25, 0.3) is 0 Å². The van der Waals surface area contributed by atoms with Crippen LogP contribution in [0, 0.1) is 6.92 Å². The van der Waals surface area contributed by atoms with Gasteiger partial charge in [0.2, 0.25) is 0 Å². The number of likely N-dealkylation sites (N-methyl/N-ethyl adjacent to an activating group) is 1. The Labute approximate surface area is 166 Å². The van der Waals surface area contributed by atoms with Crippen molar-refractivity contribution in [3.8, 4) is 0 Å². The van der Waals surface area contributed by atoms with Gasteiger partial charge < -0.3 is 15.0 Å². The van der Waals surface area contributed by atoms with Gasteiger partial charge in [0.05, 0.1) is 12.2 Å². The Hall–Kier alpha value is -2.09. The highest BCUT2D eigenvalue weighted by Gasteiger charge is 2.14. The van der Waals surface area contributed by atoms with Gasteiger partial charge in [-0.25, -0.2) is 9.97 Å². The Balaban J connectivity index is 1.68. The van der Waals surface area contributed by atoms with E-state index in [1.54, 1.807) is 6.20 Å². The molecule has 0 bridgehead atoms. The minimum absolute atomic E-state index is 0.409. The van der Waals surface area contributed by atoms with Crippen LogP contribution in [0.4, 0.5) is 11.5 Å². The van der Waals surface area contributed by atoms with Crippen LogP contribution in [0.2, 0.25) is 0 Å². The van der Waals surface area contributed by atoms with Crippen molar-refractivity contribution in [2.75, 3.05) is 45.2 Å². The van der Waals surface area contributed by atoms with E-state index in [-0.39, 0.29) is 0 Å². The number of rotatable bonds is 6. The van der Waals surface area contributed by atoms with Crippen LogP contribution in [0.5, 0.6) is 0 Å². The van der Waals surface area contributed by atoms with E-state index in [9.17, 15) is 0 Å². The largest absolute Gasteiger partial charge is 0.483 e. The topological polar surface area (TPSA) is 53.5 Å². The molecule has 6 nitrogen and oxygen atoms in total.